The van der Waals surface area contributed by atoms with Crippen molar-refractivity contribution in [3.63, 3.8) is 0 Å². The number of unbranched alkanes of at least 4 members (excludes halogenated alkanes) is 2. The number of rotatable bonds is 22. The van der Waals surface area contributed by atoms with Gasteiger partial charge in [-0.3, -0.25) is 4.79 Å². The second-order valence-corrected chi connectivity index (χ2v) is 11.5. The molecule has 3 atom stereocenters. The predicted molar refractivity (Wildman–Crippen MR) is 158 cm³/mol. The van der Waals surface area contributed by atoms with Crippen LogP contribution in [0.25, 0.3) is 0 Å². The molecule has 0 saturated heterocycles. The van der Waals surface area contributed by atoms with Crippen LogP contribution in [-0.2, 0) is 31.0 Å². The van der Waals surface area contributed by atoms with Crippen molar-refractivity contribution in [2.45, 2.75) is 130 Å². The van der Waals surface area contributed by atoms with E-state index in [1.807, 2.05) is 0 Å². The lowest BCUT2D eigenvalue weighted by molar-refractivity contribution is -0.703. The molecule has 0 radical (unpaired) electrons. The van der Waals surface area contributed by atoms with Gasteiger partial charge in [-0.15, -0.1) is 0 Å². The fourth-order valence-electron chi connectivity index (χ4n) is 5.76. The monoisotopic (exact) mass is 659 g/mol. The average molecular weight is 661 g/mol. The van der Waals surface area contributed by atoms with Crippen molar-refractivity contribution >= 4 is 6.41 Å². The van der Waals surface area contributed by atoms with Crippen molar-refractivity contribution in [3.05, 3.63) is 56.2 Å². The highest BCUT2D eigenvalue weighted by atomic mass is 35.5. The van der Waals surface area contributed by atoms with Crippen LogP contribution in [0.1, 0.15) is 104 Å². The summed E-state index contributed by atoms with van der Waals surface area (Å²) in [7, 11) is 0. The summed E-state index contributed by atoms with van der Waals surface area (Å²) >= 11 is 0. The van der Waals surface area contributed by atoms with Crippen LogP contribution in [0.2, 0.25) is 0 Å². The molecule has 0 saturated carbocycles. The molecule has 1 N–H and O–H groups in total. The van der Waals surface area contributed by atoms with E-state index in [1.165, 1.54) is 44.9 Å². The van der Waals surface area contributed by atoms with Crippen molar-refractivity contribution in [2.75, 3.05) is 6.54 Å². The number of hydrogen-bond acceptors (Lipinski definition) is 1. The molecule has 0 fully saturated rings. The molecule has 0 spiro atoms. The summed E-state index contributed by atoms with van der Waals surface area (Å²) in [6.07, 6.45) is 32.8. The van der Waals surface area contributed by atoms with Gasteiger partial charge in [0.15, 0.2) is 0 Å². The molecule has 43 heavy (non-hydrogen) atoms. The molecule has 1 amide bonds. The topological polar surface area (TPSA) is 55.5 Å². The average Bonchev–Trinajstić information content (AvgIpc) is 3.74. The summed E-state index contributed by atoms with van der Waals surface area (Å²) in [6.45, 7) is 14.0. The molecule has 8 nitrogen and oxygen atoms in total. The number of carbonyl (C=O) groups is 1. The van der Waals surface area contributed by atoms with E-state index in [2.05, 4.69) is 117 Å². The highest BCUT2D eigenvalue weighted by Crippen LogP contribution is 2.28. The summed E-state index contributed by atoms with van der Waals surface area (Å²) in [5.74, 6) is 0.589. The van der Waals surface area contributed by atoms with Crippen LogP contribution in [0.15, 0.2) is 56.2 Å². The lowest BCUT2D eigenvalue weighted by atomic mass is 9.91. The zero-order chi connectivity index (χ0) is 28.6. The molecular weight excluding hydrogens is 605 g/mol. The quantitative estimate of drug-likeness (QED) is 0.0664. The van der Waals surface area contributed by atoms with E-state index in [4.69, 9.17) is 0 Å². The Balaban J connectivity index is 0.00000588. The SMILES string of the molecule is CCCC[n+]1ccn(C(CC)CCC(CC(CC)n2cc[n+](CCCC)c2)C[n+]2ccn(CCCNC=O)c2)c1.[Cl-].[Cl-].[Cl-]. The van der Waals surface area contributed by atoms with E-state index in [1.54, 1.807) is 0 Å². The minimum absolute atomic E-state index is 0. The number of amides is 1. The first-order valence-electron chi connectivity index (χ1n) is 15.9. The molecule has 0 aliphatic heterocycles. The molecule has 0 bridgehead atoms. The van der Waals surface area contributed by atoms with Gasteiger partial charge >= 0.3 is 0 Å². The molecule has 3 aromatic rings. The second kappa shape index (κ2) is 23.4. The standard InChI is InChI=1S/C32H55N7O.3ClH/c1-5-9-15-35-20-22-38(28-35)31(7-3)13-12-30(25-37-19-18-34(27-37)17-11-14-33-26-40)24-32(8-4)39-23-21-36(29-39)16-10-6-2;;;/h18-23,26-32H,5-17,24-25H2,1-4H3;3*1H/q+2;;;/p-2. The maximum Gasteiger partial charge on any atom is 0.243 e. The zero-order valence-corrected chi connectivity index (χ0v) is 29.1. The normalized spacial score (nSPS) is 12.8. The number of imidazole rings is 3. The minimum atomic E-state index is 0. The molecule has 0 aliphatic carbocycles. The summed E-state index contributed by atoms with van der Waals surface area (Å²) in [4.78, 5) is 10.5. The van der Waals surface area contributed by atoms with Crippen LogP contribution in [0.5, 0.6) is 0 Å². The third-order valence-corrected chi connectivity index (χ3v) is 8.30. The molecule has 3 heterocycles. The van der Waals surface area contributed by atoms with Gasteiger partial charge in [0.2, 0.25) is 25.4 Å². The minimum Gasteiger partial charge on any atom is -1.00 e. The van der Waals surface area contributed by atoms with Gasteiger partial charge in [-0.1, -0.05) is 40.5 Å². The van der Waals surface area contributed by atoms with E-state index in [9.17, 15) is 4.79 Å². The van der Waals surface area contributed by atoms with Crippen LogP contribution in [0.3, 0.4) is 0 Å². The van der Waals surface area contributed by atoms with Gasteiger partial charge < -0.3 is 42.5 Å². The maximum absolute atomic E-state index is 10.5. The lowest BCUT2D eigenvalue weighted by Gasteiger charge is -2.21. The summed E-state index contributed by atoms with van der Waals surface area (Å²) in [6, 6.07) is 1.04. The van der Waals surface area contributed by atoms with E-state index < -0.39 is 0 Å². The highest BCUT2D eigenvalue weighted by Gasteiger charge is 2.25. The van der Waals surface area contributed by atoms with Crippen molar-refractivity contribution in [3.8, 4) is 0 Å². The molecule has 3 rings (SSSR count). The smallest absolute Gasteiger partial charge is 0.243 e. The van der Waals surface area contributed by atoms with E-state index in [0.29, 0.717) is 24.5 Å². The Kier molecular flexibility index (Phi) is 22.3. The Hall–Kier alpha value is -2.03. The van der Waals surface area contributed by atoms with Gasteiger partial charge in [-0.25, -0.2) is 27.4 Å². The van der Waals surface area contributed by atoms with Crippen molar-refractivity contribution < 1.29 is 55.7 Å². The van der Waals surface area contributed by atoms with Gasteiger partial charge in [0, 0.05) is 18.9 Å². The maximum atomic E-state index is 10.5. The highest BCUT2D eigenvalue weighted by molar-refractivity contribution is 5.45. The summed E-state index contributed by atoms with van der Waals surface area (Å²) < 4.78 is 14.2. The third kappa shape index (κ3) is 14.1. The van der Waals surface area contributed by atoms with Crippen LogP contribution in [0, 0.1) is 5.92 Å². The van der Waals surface area contributed by atoms with Crippen LogP contribution in [0.4, 0.5) is 0 Å². The number of carbonyl (C=O) groups excluding carboxylic acids is 1. The fraction of sp³-hybridized carbons (Fsp3) is 0.688. The second-order valence-electron chi connectivity index (χ2n) is 11.5. The van der Waals surface area contributed by atoms with Gasteiger partial charge in [0.05, 0.1) is 26.2 Å². The number of hydrogen-bond donors (Lipinski definition) is 1. The Morgan fingerprint density at radius 2 is 1.30 bits per heavy atom. The Bertz CT molecular complexity index is 1100. The van der Waals surface area contributed by atoms with Gasteiger partial charge in [0.25, 0.3) is 0 Å². The molecule has 0 aromatic carbocycles. The van der Waals surface area contributed by atoms with Gasteiger partial charge in [-0.05, 0) is 44.9 Å². The van der Waals surface area contributed by atoms with Crippen LogP contribution < -0.4 is 56.2 Å². The number of nitrogens with zero attached hydrogens (tertiary/aromatic N) is 6. The number of aryl methyl sites for hydroxylation is 3. The Labute approximate surface area is 279 Å². The Morgan fingerprint density at radius 3 is 1.86 bits per heavy atom. The predicted octanol–water partition coefficient (Wildman–Crippen LogP) is -4.21. The number of aromatic nitrogens is 6. The molecule has 246 valence electrons. The van der Waals surface area contributed by atoms with E-state index in [-0.39, 0.29) is 37.2 Å². The Morgan fingerprint density at radius 1 is 0.721 bits per heavy atom. The first-order chi connectivity index (χ1) is 19.6. The van der Waals surface area contributed by atoms with E-state index in [0.717, 1.165) is 51.9 Å². The van der Waals surface area contributed by atoms with Crippen molar-refractivity contribution in [1.29, 1.82) is 0 Å². The largest absolute Gasteiger partial charge is 1.00 e. The van der Waals surface area contributed by atoms with E-state index >= 15 is 0 Å². The first kappa shape index (κ1) is 41.0. The molecule has 0 aliphatic rings. The zero-order valence-electron chi connectivity index (χ0n) is 26.8. The van der Waals surface area contributed by atoms with Crippen molar-refractivity contribution in [2.24, 2.45) is 5.92 Å². The molecule has 11 heteroatoms. The fourth-order valence-corrected chi connectivity index (χ4v) is 5.76. The summed E-state index contributed by atoms with van der Waals surface area (Å²) in [5, 5.41) is 2.76. The van der Waals surface area contributed by atoms with Crippen LogP contribution >= 0.6 is 0 Å². The van der Waals surface area contributed by atoms with Gasteiger partial charge in [-0.2, -0.15) is 0 Å². The summed E-state index contributed by atoms with van der Waals surface area (Å²) in [5.41, 5.74) is 0. The molecule has 3 unspecified atom stereocenters. The third-order valence-electron chi connectivity index (χ3n) is 8.30. The first-order valence-corrected chi connectivity index (χ1v) is 15.9. The lowest BCUT2D eigenvalue weighted by Crippen LogP contribution is -3.00. The molecule has 3 aromatic heterocycles. The molecular formula is C32H56Cl3N7O. The van der Waals surface area contributed by atoms with Crippen molar-refractivity contribution in [1.82, 2.24) is 19.0 Å². The van der Waals surface area contributed by atoms with Crippen LogP contribution in [-0.4, -0.2) is 26.7 Å². The van der Waals surface area contributed by atoms with Gasteiger partial charge in [0.1, 0.15) is 49.3 Å². The number of halogens is 3. The number of nitrogens with one attached hydrogen (secondary N) is 1.